The van der Waals surface area contributed by atoms with Crippen molar-refractivity contribution in [3.63, 3.8) is 0 Å². The Labute approximate surface area is 133 Å². The van der Waals surface area contributed by atoms with Crippen molar-refractivity contribution < 1.29 is 23.8 Å². The summed E-state index contributed by atoms with van der Waals surface area (Å²) in [5.74, 6) is 0.0335. The van der Waals surface area contributed by atoms with Crippen LogP contribution in [0.4, 0.5) is 5.69 Å². The molecule has 2 rings (SSSR count). The summed E-state index contributed by atoms with van der Waals surface area (Å²) in [7, 11) is 4.28. The van der Waals surface area contributed by atoms with E-state index in [1.54, 1.807) is 31.2 Å². The van der Waals surface area contributed by atoms with Crippen molar-refractivity contribution in [2.75, 3.05) is 26.6 Å². The third-order valence-electron chi connectivity index (χ3n) is 3.24. The monoisotopic (exact) mass is 318 g/mol. The zero-order chi connectivity index (χ0) is 17.0. The summed E-state index contributed by atoms with van der Waals surface area (Å²) in [5.41, 5.74) is 1.65. The first-order chi connectivity index (χ1) is 11.0. The number of rotatable bonds is 5. The van der Waals surface area contributed by atoms with Crippen molar-refractivity contribution in [2.24, 2.45) is 0 Å². The molecule has 1 aromatic heterocycles. The van der Waals surface area contributed by atoms with Gasteiger partial charge in [-0.1, -0.05) is 0 Å². The highest BCUT2D eigenvalue weighted by atomic mass is 16.5. The topological polar surface area (TPSA) is 89.7 Å². The smallest absolute Gasteiger partial charge is 0.356 e. The van der Waals surface area contributed by atoms with Crippen molar-refractivity contribution in [3.05, 3.63) is 41.2 Å². The molecule has 0 aliphatic carbocycles. The van der Waals surface area contributed by atoms with Crippen molar-refractivity contribution >= 4 is 17.6 Å². The lowest BCUT2D eigenvalue weighted by Gasteiger charge is -2.10. The first-order valence-electron chi connectivity index (χ1n) is 6.81. The molecule has 7 nitrogen and oxygen atoms in total. The van der Waals surface area contributed by atoms with Gasteiger partial charge in [-0.15, -0.1) is 0 Å². The fourth-order valence-corrected chi connectivity index (χ4v) is 2.12. The molecule has 7 heteroatoms. The van der Waals surface area contributed by atoms with Gasteiger partial charge in [-0.2, -0.15) is 0 Å². The average Bonchev–Trinajstić information content (AvgIpc) is 2.93. The maximum Gasteiger partial charge on any atom is 0.356 e. The Morgan fingerprint density at radius 3 is 2.35 bits per heavy atom. The molecule has 0 spiro atoms. The van der Waals surface area contributed by atoms with E-state index in [-0.39, 0.29) is 11.6 Å². The first kappa shape index (κ1) is 16.4. The van der Waals surface area contributed by atoms with Crippen LogP contribution in [0.1, 0.15) is 26.5 Å². The molecule has 0 atom stereocenters. The Hall–Kier alpha value is -2.96. The van der Waals surface area contributed by atoms with Crippen molar-refractivity contribution in [2.45, 2.75) is 6.92 Å². The van der Waals surface area contributed by atoms with Crippen molar-refractivity contribution in [1.82, 2.24) is 4.98 Å². The van der Waals surface area contributed by atoms with Crippen LogP contribution in [0.15, 0.2) is 24.3 Å². The second-order valence-corrected chi connectivity index (χ2v) is 4.76. The van der Waals surface area contributed by atoms with Crippen LogP contribution in [0.5, 0.6) is 11.5 Å². The van der Waals surface area contributed by atoms with Crippen LogP contribution in [-0.4, -0.2) is 38.2 Å². The van der Waals surface area contributed by atoms with Crippen LogP contribution in [0.2, 0.25) is 0 Å². The Kier molecular flexibility index (Phi) is 4.90. The maximum atomic E-state index is 12.4. The van der Waals surface area contributed by atoms with E-state index in [2.05, 4.69) is 15.0 Å². The number of ether oxygens (including phenoxy) is 3. The molecule has 0 bridgehead atoms. The number of aromatic nitrogens is 1. The predicted molar refractivity (Wildman–Crippen MR) is 84.4 cm³/mol. The molecule has 0 radical (unpaired) electrons. The third kappa shape index (κ3) is 3.45. The number of nitrogens with one attached hydrogen (secondary N) is 2. The third-order valence-corrected chi connectivity index (χ3v) is 3.24. The molecular weight excluding hydrogens is 300 g/mol. The number of hydrogen-bond donors (Lipinski definition) is 2. The van der Waals surface area contributed by atoms with Gasteiger partial charge in [-0.05, 0) is 31.2 Å². The molecule has 0 unspecified atom stereocenters. The lowest BCUT2D eigenvalue weighted by molar-refractivity contribution is 0.0596. The van der Waals surface area contributed by atoms with E-state index < -0.39 is 5.97 Å². The minimum absolute atomic E-state index is 0.193. The number of methoxy groups -OCH3 is 3. The zero-order valence-electron chi connectivity index (χ0n) is 13.4. The number of anilines is 1. The van der Waals surface area contributed by atoms with Gasteiger partial charge in [0.05, 0.1) is 27.0 Å². The number of carbonyl (C=O) groups excluding carboxylic acids is 2. The zero-order valence-corrected chi connectivity index (χ0v) is 13.4. The molecule has 1 aromatic carbocycles. The van der Waals surface area contributed by atoms with Crippen LogP contribution >= 0.6 is 0 Å². The number of benzene rings is 1. The minimum Gasteiger partial charge on any atom is -0.493 e. The number of H-pyrrole nitrogens is 1. The largest absolute Gasteiger partial charge is 0.493 e. The molecule has 122 valence electrons. The molecule has 23 heavy (non-hydrogen) atoms. The average molecular weight is 318 g/mol. The molecule has 0 saturated heterocycles. The summed E-state index contributed by atoms with van der Waals surface area (Å²) >= 11 is 0. The lowest BCUT2D eigenvalue weighted by Crippen LogP contribution is -2.15. The Balaban J connectivity index is 2.28. The number of esters is 1. The number of amides is 1. The van der Waals surface area contributed by atoms with Gasteiger partial charge in [0, 0.05) is 11.3 Å². The van der Waals surface area contributed by atoms with Crippen LogP contribution in [0.3, 0.4) is 0 Å². The Bertz CT molecular complexity index is 736. The second-order valence-electron chi connectivity index (χ2n) is 4.76. The summed E-state index contributed by atoms with van der Waals surface area (Å²) < 4.78 is 15.0. The summed E-state index contributed by atoms with van der Waals surface area (Å²) in [6.45, 7) is 1.78. The minimum atomic E-state index is -0.555. The normalized spacial score (nSPS) is 10.1. The number of aromatic amines is 1. The predicted octanol–water partition coefficient (Wildman–Crippen LogP) is 2.38. The molecule has 0 saturated carbocycles. The standard InChI is InChI=1S/C16H18N2O5/c1-9-7-11(14(17-9)16(20)23-4)18-15(19)10-5-6-12(21-2)13(8-10)22-3/h5-8,17H,1-4H3,(H,18,19). The Morgan fingerprint density at radius 2 is 1.74 bits per heavy atom. The number of aryl methyl sites for hydroxylation is 1. The molecule has 2 aromatic rings. The molecule has 0 fully saturated rings. The van der Waals surface area contributed by atoms with E-state index in [4.69, 9.17) is 9.47 Å². The second kappa shape index (κ2) is 6.87. The maximum absolute atomic E-state index is 12.4. The quantitative estimate of drug-likeness (QED) is 0.826. The molecule has 1 amide bonds. The lowest BCUT2D eigenvalue weighted by atomic mass is 10.2. The van der Waals surface area contributed by atoms with E-state index in [0.29, 0.717) is 22.7 Å². The van der Waals surface area contributed by atoms with Gasteiger partial charge in [-0.3, -0.25) is 4.79 Å². The van der Waals surface area contributed by atoms with Gasteiger partial charge in [0.25, 0.3) is 5.91 Å². The van der Waals surface area contributed by atoms with Gasteiger partial charge in [-0.25, -0.2) is 4.79 Å². The summed E-state index contributed by atoms with van der Waals surface area (Å²) in [6, 6.07) is 6.46. The van der Waals surface area contributed by atoms with Crippen LogP contribution in [-0.2, 0) is 4.74 Å². The van der Waals surface area contributed by atoms with Crippen LogP contribution in [0.25, 0.3) is 0 Å². The van der Waals surface area contributed by atoms with Crippen LogP contribution in [0, 0.1) is 6.92 Å². The van der Waals surface area contributed by atoms with Gasteiger partial charge in [0.2, 0.25) is 0 Å². The fraction of sp³-hybridized carbons (Fsp3) is 0.250. The SMILES string of the molecule is COC(=O)c1[nH]c(C)cc1NC(=O)c1ccc(OC)c(OC)c1. The van der Waals surface area contributed by atoms with Gasteiger partial charge in [0.1, 0.15) is 5.69 Å². The van der Waals surface area contributed by atoms with Gasteiger partial charge >= 0.3 is 5.97 Å². The van der Waals surface area contributed by atoms with E-state index in [1.807, 2.05) is 0 Å². The molecule has 1 heterocycles. The highest BCUT2D eigenvalue weighted by Crippen LogP contribution is 2.28. The van der Waals surface area contributed by atoms with E-state index >= 15 is 0 Å². The summed E-state index contributed by atoms with van der Waals surface area (Å²) in [6.07, 6.45) is 0. The molecule has 0 aliphatic heterocycles. The van der Waals surface area contributed by atoms with E-state index in [9.17, 15) is 9.59 Å². The summed E-state index contributed by atoms with van der Waals surface area (Å²) in [4.78, 5) is 26.9. The molecule has 2 N–H and O–H groups in total. The van der Waals surface area contributed by atoms with Crippen molar-refractivity contribution in [3.8, 4) is 11.5 Å². The van der Waals surface area contributed by atoms with E-state index in [1.165, 1.54) is 21.3 Å². The van der Waals surface area contributed by atoms with Gasteiger partial charge in [0.15, 0.2) is 11.5 Å². The van der Waals surface area contributed by atoms with Gasteiger partial charge < -0.3 is 24.5 Å². The van der Waals surface area contributed by atoms with Crippen LogP contribution < -0.4 is 14.8 Å². The molecule has 0 aliphatic rings. The summed E-state index contributed by atoms with van der Waals surface area (Å²) in [5, 5.41) is 2.68. The molecular formula is C16H18N2O5. The first-order valence-corrected chi connectivity index (χ1v) is 6.81. The van der Waals surface area contributed by atoms with E-state index in [0.717, 1.165) is 5.69 Å². The van der Waals surface area contributed by atoms with Crippen molar-refractivity contribution in [1.29, 1.82) is 0 Å². The Morgan fingerprint density at radius 1 is 1.04 bits per heavy atom. The number of carbonyl (C=O) groups is 2. The highest BCUT2D eigenvalue weighted by Gasteiger charge is 2.18. The highest BCUT2D eigenvalue weighted by molar-refractivity contribution is 6.07. The fourth-order valence-electron chi connectivity index (χ4n) is 2.12. The number of hydrogen-bond acceptors (Lipinski definition) is 5.